The molecule has 2 fully saturated rings. The van der Waals surface area contributed by atoms with Crippen molar-refractivity contribution < 1.29 is 27.5 Å². The van der Waals surface area contributed by atoms with E-state index < -0.39 is 17.5 Å². The van der Waals surface area contributed by atoms with Gasteiger partial charge in [0, 0.05) is 18.5 Å². The minimum Gasteiger partial charge on any atom is -0.496 e. The molecule has 7 heteroatoms. The molecule has 0 N–H and O–H groups in total. The number of Topliss-reactive ketones (excluding diaryl/α,β-unsaturated/α-hetero) is 1. The molecule has 1 heterocycles. The van der Waals surface area contributed by atoms with E-state index in [0.29, 0.717) is 11.3 Å². The summed E-state index contributed by atoms with van der Waals surface area (Å²) in [4.78, 5) is 24.0. The minimum atomic E-state index is -4.84. The van der Waals surface area contributed by atoms with Crippen LogP contribution in [0.3, 0.4) is 0 Å². The van der Waals surface area contributed by atoms with E-state index in [2.05, 4.69) is 0 Å². The average molecular weight is 327 g/mol. The van der Waals surface area contributed by atoms with E-state index in [1.165, 1.54) is 14.0 Å². The first-order valence-corrected chi connectivity index (χ1v) is 7.24. The molecule has 0 radical (unpaired) electrons. The maximum absolute atomic E-state index is 12.6. The molecule has 1 aliphatic carbocycles. The average Bonchev–Trinajstić information content (AvgIpc) is 3.06. The second kappa shape index (κ2) is 4.97. The highest BCUT2D eigenvalue weighted by Crippen LogP contribution is 2.59. The predicted molar refractivity (Wildman–Crippen MR) is 75.4 cm³/mol. The molecule has 1 saturated heterocycles. The number of hydrogen-bond acceptors (Lipinski definition) is 3. The smallest absolute Gasteiger partial charge is 0.471 e. The van der Waals surface area contributed by atoms with Gasteiger partial charge in [-0.2, -0.15) is 13.2 Å². The van der Waals surface area contributed by atoms with Crippen LogP contribution in [0.4, 0.5) is 13.2 Å². The number of piperidine rings is 1. The first kappa shape index (κ1) is 15.8. The Balaban J connectivity index is 1.88. The van der Waals surface area contributed by atoms with Crippen LogP contribution >= 0.6 is 0 Å². The van der Waals surface area contributed by atoms with Gasteiger partial charge in [0.15, 0.2) is 5.78 Å². The van der Waals surface area contributed by atoms with E-state index in [0.717, 1.165) is 16.9 Å². The summed E-state index contributed by atoms with van der Waals surface area (Å²) >= 11 is 0. The van der Waals surface area contributed by atoms with Crippen molar-refractivity contribution in [1.82, 2.24) is 4.90 Å². The highest BCUT2D eigenvalue weighted by atomic mass is 19.4. The number of carbonyl (C=O) groups is 2. The lowest BCUT2D eigenvalue weighted by molar-refractivity contribution is -0.184. The van der Waals surface area contributed by atoms with Crippen molar-refractivity contribution in [2.45, 2.75) is 24.9 Å². The van der Waals surface area contributed by atoms with Crippen molar-refractivity contribution in [3.05, 3.63) is 29.3 Å². The summed E-state index contributed by atoms with van der Waals surface area (Å²) < 4.78 is 42.9. The normalized spacial score (nSPS) is 26.0. The predicted octanol–water partition coefficient (Wildman–Crippen LogP) is 2.56. The van der Waals surface area contributed by atoms with Gasteiger partial charge in [0.05, 0.1) is 12.7 Å². The van der Waals surface area contributed by atoms with Crippen LogP contribution in [0, 0.1) is 5.92 Å². The van der Waals surface area contributed by atoms with E-state index in [4.69, 9.17) is 4.74 Å². The van der Waals surface area contributed by atoms with E-state index in [-0.39, 0.29) is 24.8 Å². The minimum absolute atomic E-state index is 0.0157. The van der Waals surface area contributed by atoms with Crippen LogP contribution < -0.4 is 4.74 Å². The summed E-state index contributed by atoms with van der Waals surface area (Å²) in [5.41, 5.74) is 0.744. The van der Waals surface area contributed by atoms with Crippen LogP contribution in [0.2, 0.25) is 0 Å². The Hall–Kier alpha value is -2.05. The molecular weight excluding hydrogens is 311 g/mol. The fourth-order valence-electron chi connectivity index (χ4n) is 3.56. The van der Waals surface area contributed by atoms with Crippen molar-refractivity contribution in [3.63, 3.8) is 0 Å². The second-order valence-corrected chi connectivity index (χ2v) is 6.21. The summed E-state index contributed by atoms with van der Waals surface area (Å²) in [7, 11) is 1.46. The number of benzene rings is 1. The zero-order valence-corrected chi connectivity index (χ0v) is 12.7. The Morgan fingerprint density at radius 1 is 1.35 bits per heavy atom. The summed E-state index contributed by atoms with van der Waals surface area (Å²) in [5.74, 6) is -1.50. The van der Waals surface area contributed by atoms with Crippen LogP contribution in [-0.4, -0.2) is 43.0 Å². The molecule has 1 aliphatic heterocycles. The fourth-order valence-corrected chi connectivity index (χ4v) is 3.56. The number of ether oxygens (including phenoxy) is 1. The third-order valence-corrected chi connectivity index (χ3v) is 4.83. The van der Waals surface area contributed by atoms with Crippen molar-refractivity contribution in [2.24, 2.45) is 5.92 Å². The number of alkyl halides is 3. The molecule has 124 valence electrons. The van der Waals surface area contributed by atoms with E-state index in [1.54, 1.807) is 18.2 Å². The molecule has 0 aromatic heterocycles. The van der Waals surface area contributed by atoms with Gasteiger partial charge in [0.1, 0.15) is 5.75 Å². The maximum atomic E-state index is 12.6. The third kappa shape index (κ3) is 2.48. The van der Waals surface area contributed by atoms with E-state index in [9.17, 15) is 22.8 Å². The number of methoxy groups -OCH3 is 1. The van der Waals surface area contributed by atoms with Crippen molar-refractivity contribution in [3.8, 4) is 5.75 Å². The lowest BCUT2D eigenvalue weighted by Gasteiger charge is -2.22. The Bertz CT molecular complexity index is 686. The molecule has 0 spiro atoms. The molecule has 3 rings (SSSR count). The van der Waals surface area contributed by atoms with Gasteiger partial charge in [-0.1, -0.05) is 6.07 Å². The number of amides is 1. The van der Waals surface area contributed by atoms with Gasteiger partial charge in [0.25, 0.3) is 0 Å². The number of hydrogen-bond donors (Lipinski definition) is 0. The van der Waals surface area contributed by atoms with Gasteiger partial charge in [-0.3, -0.25) is 9.59 Å². The van der Waals surface area contributed by atoms with Crippen LogP contribution in [0.5, 0.6) is 5.75 Å². The maximum Gasteiger partial charge on any atom is 0.471 e. The number of likely N-dealkylation sites (tertiary alicyclic amines) is 1. The number of fused-ring (bicyclic) bond motifs is 1. The molecule has 1 unspecified atom stereocenters. The molecule has 1 amide bonds. The number of nitrogens with zero attached hydrogens (tertiary/aromatic N) is 1. The molecule has 23 heavy (non-hydrogen) atoms. The number of halogens is 3. The SMILES string of the molecule is COc1ccc(C23C[C@@H]2CN(C(=O)C(F)(F)F)C3)cc1C(C)=O. The topological polar surface area (TPSA) is 46.6 Å². The Kier molecular flexibility index (Phi) is 3.42. The highest BCUT2D eigenvalue weighted by molar-refractivity contribution is 5.97. The number of ketones is 1. The molecule has 1 aromatic carbocycles. The fraction of sp³-hybridized carbons (Fsp3) is 0.500. The van der Waals surface area contributed by atoms with Crippen molar-refractivity contribution in [1.29, 1.82) is 0 Å². The van der Waals surface area contributed by atoms with E-state index >= 15 is 0 Å². The summed E-state index contributed by atoms with van der Waals surface area (Å²) in [6.45, 7) is 1.57. The van der Waals surface area contributed by atoms with Gasteiger partial charge in [-0.15, -0.1) is 0 Å². The van der Waals surface area contributed by atoms with Crippen LogP contribution in [0.15, 0.2) is 18.2 Å². The molecular formula is C16H16F3NO3. The largest absolute Gasteiger partial charge is 0.496 e. The lowest BCUT2D eigenvalue weighted by atomic mass is 9.92. The Morgan fingerprint density at radius 2 is 2.04 bits per heavy atom. The van der Waals surface area contributed by atoms with Crippen LogP contribution in [0.25, 0.3) is 0 Å². The van der Waals surface area contributed by atoms with Crippen LogP contribution in [-0.2, 0) is 10.2 Å². The van der Waals surface area contributed by atoms with Gasteiger partial charge >= 0.3 is 12.1 Å². The van der Waals surface area contributed by atoms with E-state index in [1.807, 2.05) is 0 Å². The van der Waals surface area contributed by atoms with Gasteiger partial charge in [0.2, 0.25) is 0 Å². The number of carbonyl (C=O) groups excluding carboxylic acids is 2. The molecule has 4 nitrogen and oxygen atoms in total. The quantitative estimate of drug-likeness (QED) is 0.802. The number of rotatable bonds is 3. The van der Waals surface area contributed by atoms with Gasteiger partial charge in [-0.05, 0) is 37.0 Å². The monoisotopic (exact) mass is 327 g/mol. The molecule has 2 aliphatic rings. The molecule has 1 saturated carbocycles. The van der Waals surface area contributed by atoms with Crippen molar-refractivity contribution >= 4 is 11.7 Å². The van der Waals surface area contributed by atoms with Gasteiger partial charge in [-0.25, -0.2) is 0 Å². The summed E-state index contributed by atoms with van der Waals surface area (Å²) in [6.07, 6.45) is -4.11. The van der Waals surface area contributed by atoms with Crippen LogP contribution in [0.1, 0.15) is 29.3 Å². The second-order valence-electron chi connectivity index (χ2n) is 6.21. The standard InChI is InChI=1S/C16H16F3NO3/c1-9(21)12-5-10(3-4-13(12)23-2)15-6-11(15)7-20(8-15)14(22)16(17,18)19/h3-5,11H,6-8H2,1-2H3/t11-,15?/m1/s1. The third-order valence-electron chi connectivity index (χ3n) is 4.83. The lowest BCUT2D eigenvalue weighted by Crippen LogP contribution is -2.41. The Labute approximate surface area is 131 Å². The first-order valence-electron chi connectivity index (χ1n) is 7.24. The Morgan fingerprint density at radius 3 is 2.61 bits per heavy atom. The summed E-state index contributed by atoms with van der Waals surface area (Å²) in [5, 5.41) is 0. The highest BCUT2D eigenvalue weighted by Gasteiger charge is 2.63. The van der Waals surface area contributed by atoms with Gasteiger partial charge < -0.3 is 9.64 Å². The molecule has 0 bridgehead atoms. The zero-order chi connectivity index (χ0) is 17.0. The first-order chi connectivity index (χ1) is 10.7. The zero-order valence-electron chi connectivity index (χ0n) is 12.7. The molecule has 2 atom stereocenters. The molecule has 1 aromatic rings. The van der Waals surface area contributed by atoms with Crippen molar-refractivity contribution in [2.75, 3.05) is 20.2 Å². The summed E-state index contributed by atoms with van der Waals surface area (Å²) in [6, 6.07) is 5.11.